The molecule has 0 aliphatic rings. The summed E-state index contributed by atoms with van der Waals surface area (Å²) in [6.07, 6.45) is 1.75. The SMILES string of the molecule is N#C/C(=C/c1cc(Br)c(Sc2ccccc2)o1)c1ccc(Br)cc1. The summed E-state index contributed by atoms with van der Waals surface area (Å²) in [4.78, 5) is 1.09. The largest absolute Gasteiger partial charge is 0.449 e. The molecule has 0 atom stereocenters. The van der Waals surface area contributed by atoms with Gasteiger partial charge in [0.15, 0.2) is 5.09 Å². The molecule has 0 unspecified atom stereocenters. The highest BCUT2D eigenvalue weighted by Gasteiger charge is 2.11. The van der Waals surface area contributed by atoms with Gasteiger partial charge in [-0.3, -0.25) is 0 Å². The highest BCUT2D eigenvalue weighted by Crippen LogP contribution is 2.36. The molecule has 0 saturated carbocycles. The van der Waals surface area contributed by atoms with E-state index in [1.54, 1.807) is 6.08 Å². The molecule has 0 aliphatic carbocycles. The number of allylic oxidation sites excluding steroid dienone is 1. The number of hydrogen-bond donors (Lipinski definition) is 0. The Morgan fingerprint density at radius 1 is 1.04 bits per heavy atom. The Labute approximate surface area is 161 Å². The second kappa shape index (κ2) is 7.89. The molecule has 0 N–H and O–H groups in total. The Balaban J connectivity index is 1.88. The first-order chi connectivity index (χ1) is 11.7. The molecule has 0 aliphatic heterocycles. The Hall–Kier alpha value is -1.74. The summed E-state index contributed by atoms with van der Waals surface area (Å²) in [5.74, 6) is 0.639. The van der Waals surface area contributed by atoms with E-state index in [0.29, 0.717) is 11.3 Å². The fraction of sp³-hybridized carbons (Fsp3) is 0. The third-order valence-electron chi connectivity index (χ3n) is 3.19. The lowest BCUT2D eigenvalue weighted by molar-refractivity contribution is 0.463. The van der Waals surface area contributed by atoms with Gasteiger partial charge in [0.05, 0.1) is 16.1 Å². The monoisotopic (exact) mass is 459 g/mol. The van der Waals surface area contributed by atoms with Crippen molar-refractivity contribution in [3.63, 3.8) is 0 Å². The van der Waals surface area contributed by atoms with Crippen LogP contribution in [-0.2, 0) is 0 Å². The van der Waals surface area contributed by atoms with Crippen molar-refractivity contribution < 1.29 is 4.42 Å². The molecule has 2 nitrogen and oxygen atoms in total. The fourth-order valence-corrected chi connectivity index (χ4v) is 3.67. The van der Waals surface area contributed by atoms with E-state index in [2.05, 4.69) is 37.9 Å². The normalized spacial score (nSPS) is 11.3. The third kappa shape index (κ3) is 4.21. The molecule has 0 amide bonds. The Morgan fingerprint density at radius 3 is 2.42 bits per heavy atom. The molecule has 24 heavy (non-hydrogen) atoms. The summed E-state index contributed by atoms with van der Waals surface area (Å²) >= 11 is 8.45. The van der Waals surface area contributed by atoms with Gasteiger partial charge in [-0.15, -0.1) is 0 Å². The summed E-state index contributed by atoms with van der Waals surface area (Å²) in [7, 11) is 0. The van der Waals surface area contributed by atoms with Crippen molar-refractivity contribution in [1.82, 2.24) is 0 Å². The van der Waals surface area contributed by atoms with Gasteiger partial charge in [-0.05, 0) is 57.9 Å². The van der Waals surface area contributed by atoms with Crippen LogP contribution in [0, 0.1) is 11.3 Å². The van der Waals surface area contributed by atoms with E-state index in [1.807, 2.05) is 60.7 Å². The van der Waals surface area contributed by atoms with Crippen LogP contribution >= 0.6 is 43.6 Å². The number of rotatable bonds is 4. The number of furan rings is 1. The topological polar surface area (TPSA) is 36.9 Å². The Morgan fingerprint density at radius 2 is 1.75 bits per heavy atom. The molecule has 118 valence electrons. The molecule has 0 radical (unpaired) electrons. The predicted molar refractivity (Wildman–Crippen MR) is 105 cm³/mol. The lowest BCUT2D eigenvalue weighted by Crippen LogP contribution is -1.80. The van der Waals surface area contributed by atoms with Crippen LogP contribution in [-0.4, -0.2) is 0 Å². The van der Waals surface area contributed by atoms with Crippen molar-refractivity contribution in [2.75, 3.05) is 0 Å². The molecule has 0 fully saturated rings. The minimum Gasteiger partial charge on any atom is -0.449 e. The van der Waals surface area contributed by atoms with Gasteiger partial charge in [0.1, 0.15) is 5.76 Å². The van der Waals surface area contributed by atoms with E-state index in [0.717, 1.165) is 24.5 Å². The van der Waals surface area contributed by atoms with Crippen LogP contribution in [0.4, 0.5) is 0 Å². The zero-order chi connectivity index (χ0) is 16.9. The Bertz CT molecular complexity index is 909. The van der Waals surface area contributed by atoms with Crippen molar-refractivity contribution >= 4 is 55.3 Å². The molecule has 2 aromatic carbocycles. The van der Waals surface area contributed by atoms with Gasteiger partial charge < -0.3 is 4.42 Å². The van der Waals surface area contributed by atoms with Crippen molar-refractivity contribution in [3.05, 3.63) is 80.9 Å². The molecule has 0 bridgehead atoms. The zero-order valence-electron chi connectivity index (χ0n) is 12.4. The zero-order valence-corrected chi connectivity index (χ0v) is 16.4. The second-order valence-corrected chi connectivity index (χ2v) is 7.69. The van der Waals surface area contributed by atoms with Crippen LogP contribution in [0.3, 0.4) is 0 Å². The van der Waals surface area contributed by atoms with Gasteiger partial charge in [0.25, 0.3) is 0 Å². The van der Waals surface area contributed by atoms with Crippen LogP contribution in [0.5, 0.6) is 0 Å². The molecule has 3 rings (SSSR count). The first-order valence-corrected chi connectivity index (χ1v) is 9.46. The van der Waals surface area contributed by atoms with E-state index in [9.17, 15) is 5.26 Å². The molecular formula is C19H11Br2NOS. The van der Waals surface area contributed by atoms with Gasteiger partial charge >= 0.3 is 0 Å². The molecular weight excluding hydrogens is 450 g/mol. The lowest BCUT2D eigenvalue weighted by atomic mass is 10.1. The first kappa shape index (κ1) is 17.1. The quantitative estimate of drug-likeness (QED) is 0.392. The third-order valence-corrected chi connectivity index (χ3v) is 5.57. The maximum absolute atomic E-state index is 9.43. The smallest absolute Gasteiger partial charge is 0.179 e. The molecule has 1 heterocycles. The first-order valence-electron chi connectivity index (χ1n) is 7.05. The van der Waals surface area contributed by atoms with E-state index in [-0.39, 0.29) is 0 Å². The van der Waals surface area contributed by atoms with Crippen molar-refractivity contribution in [3.8, 4) is 6.07 Å². The lowest BCUT2D eigenvalue weighted by Gasteiger charge is -1.99. The van der Waals surface area contributed by atoms with Gasteiger partial charge in [-0.1, -0.05) is 58.0 Å². The van der Waals surface area contributed by atoms with Gasteiger partial charge in [-0.2, -0.15) is 5.26 Å². The number of halogens is 2. The minimum atomic E-state index is 0.556. The van der Waals surface area contributed by atoms with Crippen LogP contribution in [0.15, 0.2) is 84.0 Å². The molecule has 5 heteroatoms. The van der Waals surface area contributed by atoms with Gasteiger partial charge in [-0.25, -0.2) is 0 Å². The van der Waals surface area contributed by atoms with E-state index >= 15 is 0 Å². The average molecular weight is 461 g/mol. The maximum Gasteiger partial charge on any atom is 0.179 e. The van der Waals surface area contributed by atoms with Crippen LogP contribution in [0.1, 0.15) is 11.3 Å². The average Bonchev–Trinajstić information content (AvgIpc) is 2.94. The number of benzene rings is 2. The van der Waals surface area contributed by atoms with Crippen LogP contribution < -0.4 is 0 Å². The summed E-state index contributed by atoms with van der Waals surface area (Å²) in [6, 6.07) is 21.7. The molecule has 1 aromatic heterocycles. The van der Waals surface area contributed by atoms with Gasteiger partial charge in [0.2, 0.25) is 0 Å². The van der Waals surface area contributed by atoms with Crippen LogP contribution in [0.25, 0.3) is 11.6 Å². The summed E-state index contributed by atoms with van der Waals surface area (Å²) < 4.78 is 7.72. The number of nitriles is 1. The molecule has 0 spiro atoms. The van der Waals surface area contributed by atoms with Crippen molar-refractivity contribution in [2.45, 2.75) is 9.99 Å². The predicted octanol–water partition coefficient (Wildman–Crippen LogP) is 7.02. The van der Waals surface area contributed by atoms with Crippen molar-refractivity contribution in [2.24, 2.45) is 0 Å². The van der Waals surface area contributed by atoms with Crippen LogP contribution in [0.2, 0.25) is 0 Å². The van der Waals surface area contributed by atoms with E-state index in [4.69, 9.17) is 4.42 Å². The fourth-order valence-electron chi connectivity index (χ4n) is 2.06. The van der Waals surface area contributed by atoms with Gasteiger partial charge in [0, 0.05) is 9.37 Å². The summed E-state index contributed by atoms with van der Waals surface area (Å²) in [5, 5.41) is 10.2. The second-order valence-electron chi connectivity index (χ2n) is 4.88. The van der Waals surface area contributed by atoms with E-state index < -0.39 is 0 Å². The standard InChI is InChI=1S/C19H11Br2NOS/c20-15-8-6-13(7-9-15)14(12-22)10-16-11-18(21)19(23-16)24-17-4-2-1-3-5-17/h1-11H/b14-10-. The molecule has 0 saturated heterocycles. The number of hydrogen-bond acceptors (Lipinski definition) is 3. The number of nitrogens with zero attached hydrogens (tertiary/aromatic N) is 1. The highest BCUT2D eigenvalue weighted by molar-refractivity contribution is 9.10. The minimum absolute atomic E-state index is 0.556. The maximum atomic E-state index is 9.43. The highest BCUT2D eigenvalue weighted by atomic mass is 79.9. The van der Waals surface area contributed by atoms with Crippen molar-refractivity contribution in [1.29, 1.82) is 5.26 Å². The summed E-state index contributed by atoms with van der Waals surface area (Å²) in [6.45, 7) is 0. The molecule has 3 aromatic rings. The summed E-state index contributed by atoms with van der Waals surface area (Å²) in [5.41, 5.74) is 1.41. The van der Waals surface area contributed by atoms with E-state index in [1.165, 1.54) is 11.8 Å². The Kier molecular flexibility index (Phi) is 5.62.